The largest absolute Gasteiger partial charge is 0.356 e. The average molecular weight is 310 g/mol. The molecule has 0 radical (unpaired) electrons. The van der Waals surface area contributed by atoms with Crippen molar-refractivity contribution < 1.29 is 4.52 Å². The highest BCUT2D eigenvalue weighted by molar-refractivity contribution is 5.58. The Hall–Kier alpha value is -2.70. The van der Waals surface area contributed by atoms with E-state index in [1.165, 1.54) is 12.1 Å². The van der Waals surface area contributed by atoms with E-state index < -0.39 is 0 Å². The second-order valence-electron chi connectivity index (χ2n) is 5.85. The smallest absolute Gasteiger partial charge is 0.258 e. The van der Waals surface area contributed by atoms with Crippen LogP contribution >= 0.6 is 0 Å². The van der Waals surface area contributed by atoms with Gasteiger partial charge >= 0.3 is 0 Å². The topological polar surface area (TPSA) is 83.7 Å². The third kappa shape index (κ3) is 2.81. The first-order valence-corrected chi connectivity index (χ1v) is 7.80. The molecule has 0 aliphatic carbocycles. The molecule has 0 bridgehead atoms. The zero-order valence-electron chi connectivity index (χ0n) is 12.9. The molecule has 0 saturated carbocycles. The predicted octanol–water partition coefficient (Wildman–Crippen LogP) is 2.55. The Labute approximate surface area is 133 Å². The van der Waals surface area contributed by atoms with Crippen LogP contribution in [0, 0.1) is 6.92 Å². The molecule has 7 nitrogen and oxygen atoms in total. The molecular weight excluding hydrogens is 292 g/mol. The number of rotatable bonds is 3. The number of H-pyrrole nitrogens is 1. The monoisotopic (exact) mass is 310 g/mol. The van der Waals surface area contributed by atoms with Crippen LogP contribution in [0.25, 0.3) is 11.5 Å². The van der Waals surface area contributed by atoms with Gasteiger partial charge in [-0.1, -0.05) is 5.16 Å². The van der Waals surface area contributed by atoms with Crippen LogP contribution in [0.1, 0.15) is 30.3 Å². The molecule has 1 N–H and O–H groups in total. The summed E-state index contributed by atoms with van der Waals surface area (Å²) in [6, 6.07) is 5.97. The van der Waals surface area contributed by atoms with Gasteiger partial charge in [-0.3, -0.25) is 5.10 Å². The van der Waals surface area contributed by atoms with Gasteiger partial charge in [-0.05, 0) is 38.0 Å². The molecule has 3 aromatic rings. The molecule has 4 rings (SSSR count). The Morgan fingerprint density at radius 2 is 2.26 bits per heavy atom. The lowest BCUT2D eigenvalue weighted by molar-refractivity contribution is 0.425. The molecular formula is C16H18N6O. The predicted molar refractivity (Wildman–Crippen MR) is 85.0 cm³/mol. The van der Waals surface area contributed by atoms with Gasteiger partial charge in [0, 0.05) is 42.7 Å². The molecule has 1 aliphatic heterocycles. The molecule has 0 aromatic carbocycles. The fraction of sp³-hybridized carbons (Fsp3) is 0.375. The Balaban J connectivity index is 1.58. The second-order valence-corrected chi connectivity index (χ2v) is 5.85. The van der Waals surface area contributed by atoms with E-state index in [2.05, 4.69) is 36.3 Å². The van der Waals surface area contributed by atoms with Crippen LogP contribution in [-0.4, -0.2) is 38.4 Å². The first kappa shape index (κ1) is 13.9. The summed E-state index contributed by atoms with van der Waals surface area (Å²) in [4.78, 5) is 11.1. The van der Waals surface area contributed by atoms with E-state index in [9.17, 15) is 0 Å². The second kappa shape index (κ2) is 5.83. The Morgan fingerprint density at radius 1 is 1.30 bits per heavy atom. The molecule has 118 valence electrons. The van der Waals surface area contributed by atoms with Crippen molar-refractivity contribution in [2.45, 2.75) is 25.7 Å². The van der Waals surface area contributed by atoms with Crippen LogP contribution < -0.4 is 4.90 Å². The van der Waals surface area contributed by atoms with Crippen molar-refractivity contribution in [3.05, 3.63) is 42.1 Å². The van der Waals surface area contributed by atoms with Crippen LogP contribution in [0.2, 0.25) is 0 Å². The van der Waals surface area contributed by atoms with Gasteiger partial charge in [0.15, 0.2) is 5.82 Å². The minimum atomic E-state index is 0.461. The van der Waals surface area contributed by atoms with Crippen molar-refractivity contribution in [3.63, 3.8) is 0 Å². The fourth-order valence-electron chi connectivity index (χ4n) is 3.07. The molecule has 7 heteroatoms. The lowest BCUT2D eigenvalue weighted by Crippen LogP contribution is -2.35. The summed E-state index contributed by atoms with van der Waals surface area (Å²) in [5, 5.41) is 11.0. The lowest BCUT2D eigenvalue weighted by Gasteiger charge is -2.33. The van der Waals surface area contributed by atoms with Crippen LogP contribution in [0.15, 0.2) is 35.1 Å². The molecule has 1 aliphatic rings. The van der Waals surface area contributed by atoms with Gasteiger partial charge in [0.1, 0.15) is 5.82 Å². The van der Waals surface area contributed by atoms with E-state index in [1.54, 1.807) is 6.20 Å². The van der Waals surface area contributed by atoms with Crippen molar-refractivity contribution in [1.82, 2.24) is 25.3 Å². The summed E-state index contributed by atoms with van der Waals surface area (Å²) in [7, 11) is 0. The molecule has 1 atom stereocenters. The van der Waals surface area contributed by atoms with Crippen LogP contribution in [0.5, 0.6) is 0 Å². The highest BCUT2D eigenvalue weighted by Crippen LogP contribution is 2.29. The first-order valence-electron chi connectivity index (χ1n) is 7.80. The number of anilines is 1. The summed E-state index contributed by atoms with van der Waals surface area (Å²) >= 11 is 0. The highest BCUT2D eigenvalue weighted by Gasteiger charge is 2.23. The molecule has 0 spiro atoms. The van der Waals surface area contributed by atoms with Crippen LogP contribution in [0.4, 0.5) is 5.82 Å². The van der Waals surface area contributed by atoms with Gasteiger partial charge in [-0.2, -0.15) is 10.1 Å². The number of nitrogens with one attached hydrogen (secondary N) is 1. The van der Waals surface area contributed by atoms with E-state index >= 15 is 0 Å². The summed E-state index contributed by atoms with van der Waals surface area (Å²) in [6.07, 6.45) is 5.91. The molecule has 0 amide bonds. The molecule has 1 fully saturated rings. The maximum atomic E-state index is 5.25. The van der Waals surface area contributed by atoms with E-state index in [4.69, 9.17) is 4.52 Å². The molecule has 1 saturated heterocycles. The summed E-state index contributed by atoms with van der Waals surface area (Å²) in [5.41, 5.74) is 2.10. The summed E-state index contributed by atoms with van der Waals surface area (Å²) in [6.45, 7) is 3.75. The number of pyridine rings is 1. The number of piperidine rings is 1. The van der Waals surface area contributed by atoms with Gasteiger partial charge in [0.25, 0.3) is 5.89 Å². The van der Waals surface area contributed by atoms with Crippen molar-refractivity contribution in [2.75, 3.05) is 18.0 Å². The quantitative estimate of drug-likeness (QED) is 0.800. The minimum Gasteiger partial charge on any atom is -0.356 e. The van der Waals surface area contributed by atoms with Gasteiger partial charge in [-0.15, -0.1) is 0 Å². The maximum Gasteiger partial charge on any atom is 0.258 e. The summed E-state index contributed by atoms with van der Waals surface area (Å²) < 4.78 is 5.25. The molecule has 23 heavy (non-hydrogen) atoms. The molecule has 4 heterocycles. The Morgan fingerprint density at radius 3 is 3.04 bits per heavy atom. The number of hydrogen-bond donors (Lipinski definition) is 1. The zero-order chi connectivity index (χ0) is 15.6. The van der Waals surface area contributed by atoms with Crippen LogP contribution in [0.3, 0.4) is 0 Å². The average Bonchev–Trinajstić information content (AvgIpc) is 3.27. The van der Waals surface area contributed by atoms with Gasteiger partial charge < -0.3 is 9.42 Å². The summed E-state index contributed by atoms with van der Waals surface area (Å²) in [5.74, 6) is 2.58. The maximum absolute atomic E-state index is 5.25. The fourth-order valence-corrected chi connectivity index (χ4v) is 3.07. The van der Waals surface area contributed by atoms with Crippen molar-refractivity contribution in [3.8, 4) is 11.5 Å². The van der Waals surface area contributed by atoms with E-state index in [-0.39, 0.29) is 0 Å². The third-order valence-corrected chi connectivity index (χ3v) is 4.23. The number of nitrogens with zero attached hydrogens (tertiary/aromatic N) is 5. The molecule has 3 aromatic heterocycles. The highest BCUT2D eigenvalue weighted by atomic mass is 16.5. The number of hydrogen-bond acceptors (Lipinski definition) is 6. The number of aromatic nitrogens is 5. The number of aryl methyl sites for hydroxylation is 1. The first-order chi connectivity index (χ1) is 11.3. The SMILES string of the molecule is Cc1noc(-c2ccnc(N3CCC[C@@H](c4ccn[nH]4)C3)c2)n1. The van der Waals surface area contributed by atoms with Gasteiger partial charge in [0.2, 0.25) is 0 Å². The van der Waals surface area contributed by atoms with E-state index in [0.717, 1.165) is 30.9 Å². The van der Waals surface area contributed by atoms with Gasteiger partial charge in [0.05, 0.1) is 0 Å². The Bertz CT molecular complexity index is 781. The normalized spacial score (nSPS) is 18.3. The van der Waals surface area contributed by atoms with Crippen molar-refractivity contribution >= 4 is 5.82 Å². The van der Waals surface area contributed by atoms with Crippen molar-refractivity contribution in [1.29, 1.82) is 0 Å². The standard InChI is InChI=1S/C16H18N6O/c1-11-19-16(23-21-11)12-4-6-17-15(9-12)22-8-2-3-13(10-22)14-5-7-18-20-14/h4-7,9,13H,2-3,8,10H2,1H3,(H,18,20)/t13-/m1/s1. The zero-order valence-corrected chi connectivity index (χ0v) is 12.9. The third-order valence-electron chi connectivity index (χ3n) is 4.23. The van der Waals surface area contributed by atoms with Gasteiger partial charge in [-0.25, -0.2) is 4.98 Å². The lowest BCUT2D eigenvalue weighted by atomic mass is 9.95. The van der Waals surface area contributed by atoms with E-state index in [0.29, 0.717) is 17.6 Å². The Kier molecular flexibility index (Phi) is 3.53. The van der Waals surface area contributed by atoms with Crippen molar-refractivity contribution in [2.24, 2.45) is 0 Å². The number of aromatic amines is 1. The molecule has 0 unspecified atom stereocenters. The van der Waals surface area contributed by atoms with E-state index in [1.807, 2.05) is 25.3 Å². The van der Waals surface area contributed by atoms with Crippen LogP contribution in [-0.2, 0) is 0 Å². The minimum absolute atomic E-state index is 0.461.